The molecular formula is C12H11BrClN3. The van der Waals surface area contributed by atoms with Crippen LogP contribution in [0.4, 0.5) is 0 Å². The van der Waals surface area contributed by atoms with E-state index in [1.54, 1.807) is 12.4 Å². The Labute approximate surface area is 113 Å². The van der Waals surface area contributed by atoms with E-state index in [0.717, 1.165) is 15.6 Å². The summed E-state index contributed by atoms with van der Waals surface area (Å²) in [5, 5.41) is 0.673. The Morgan fingerprint density at radius 2 is 2.18 bits per heavy atom. The number of nitrogens with two attached hydrogens (primary N) is 1. The highest BCUT2D eigenvalue weighted by Gasteiger charge is 2.15. The van der Waals surface area contributed by atoms with Gasteiger partial charge in [-0.3, -0.25) is 10.8 Å². The van der Waals surface area contributed by atoms with Gasteiger partial charge in [0.15, 0.2) is 0 Å². The van der Waals surface area contributed by atoms with Crippen molar-refractivity contribution in [1.82, 2.24) is 10.4 Å². The van der Waals surface area contributed by atoms with Crippen molar-refractivity contribution >= 4 is 27.5 Å². The number of pyridine rings is 1. The molecule has 0 amide bonds. The summed E-state index contributed by atoms with van der Waals surface area (Å²) in [6.07, 6.45) is 3.50. The molecule has 1 atom stereocenters. The third kappa shape index (κ3) is 2.84. The third-order valence-electron chi connectivity index (χ3n) is 2.45. The zero-order valence-electron chi connectivity index (χ0n) is 8.90. The summed E-state index contributed by atoms with van der Waals surface area (Å²) in [5.41, 5.74) is 4.74. The van der Waals surface area contributed by atoms with E-state index in [-0.39, 0.29) is 6.04 Å². The lowest BCUT2D eigenvalue weighted by Gasteiger charge is -2.18. The zero-order chi connectivity index (χ0) is 12.3. The summed E-state index contributed by atoms with van der Waals surface area (Å²) < 4.78 is 0.953. The lowest BCUT2D eigenvalue weighted by atomic mass is 10.0. The predicted octanol–water partition coefficient (Wildman–Crippen LogP) is 3.05. The predicted molar refractivity (Wildman–Crippen MR) is 72.6 cm³/mol. The van der Waals surface area contributed by atoms with Crippen molar-refractivity contribution in [3.05, 3.63) is 63.3 Å². The maximum absolute atomic E-state index is 6.00. The Bertz CT molecular complexity index is 504. The Morgan fingerprint density at radius 3 is 2.82 bits per heavy atom. The van der Waals surface area contributed by atoms with Crippen LogP contribution in [0.25, 0.3) is 0 Å². The number of nitrogens with zero attached hydrogens (tertiary/aromatic N) is 1. The molecule has 0 radical (unpaired) electrons. The molecule has 0 saturated carbocycles. The highest BCUT2D eigenvalue weighted by Crippen LogP contribution is 2.30. The minimum Gasteiger partial charge on any atom is -0.271 e. The fourth-order valence-corrected chi connectivity index (χ4v) is 2.30. The van der Waals surface area contributed by atoms with Crippen LogP contribution in [0.5, 0.6) is 0 Å². The normalized spacial score (nSPS) is 12.4. The number of halogens is 2. The van der Waals surface area contributed by atoms with Gasteiger partial charge < -0.3 is 0 Å². The van der Waals surface area contributed by atoms with E-state index in [9.17, 15) is 0 Å². The Hall–Kier alpha value is -0.940. The largest absolute Gasteiger partial charge is 0.271 e. The molecule has 0 aliphatic rings. The van der Waals surface area contributed by atoms with Gasteiger partial charge in [-0.25, -0.2) is 5.43 Å². The minimum absolute atomic E-state index is 0.142. The molecule has 88 valence electrons. The van der Waals surface area contributed by atoms with Crippen LogP contribution in [0.3, 0.4) is 0 Å². The second-order valence-corrected chi connectivity index (χ2v) is 4.84. The van der Waals surface area contributed by atoms with Crippen molar-refractivity contribution in [1.29, 1.82) is 0 Å². The monoisotopic (exact) mass is 311 g/mol. The minimum atomic E-state index is -0.142. The van der Waals surface area contributed by atoms with E-state index >= 15 is 0 Å². The van der Waals surface area contributed by atoms with Crippen LogP contribution in [0.2, 0.25) is 5.02 Å². The van der Waals surface area contributed by atoms with E-state index in [0.29, 0.717) is 5.02 Å². The summed E-state index contributed by atoms with van der Waals surface area (Å²) in [4.78, 5) is 4.09. The molecule has 3 N–H and O–H groups in total. The summed E-state index contributed by atoms with van der Waals surface area (Å²) in [6, 6.07) is 9.30. The maximum atomic E-state index is 6.00. The van der Waals surface area contributed by atoms with Gasteiger partial charge in [0.1, 0.15) is 0 Å². The maximum Gasteiger partial charge on any atom is 0.0736 e. The first-order valence-corrected chi connectivity index (χ1v) is 6.20. The van der Waals surface area contributed by atoms with E-state index in [1.165, 1.54) is 0 Å². The quantitative estimate of drug-likeness (QED) is 0.676. The molecule has 0 aliphatic heterocycles. The van der Waals surface area contributed by atoms with Crippen molar-refractivity contribution in [2.45, 2.75) is 6.04 Å². The van der Waals surface area contributed by atoms with E-state index in [1.807, 2.05) is 30.3 Å². The van der Waals surface area contributed by atoms with Gasteiger partial charge in [-0.2, -0.15) is 0 Å². The van der Waals surface area contributed by atoms with Crippen LogP contribution in [-0.2, 0) is 0 Å². The molecule has 1 unspecified atom stereocenters. The molecule has 1 aromatic carbocycles. The summed E-state index contributed by atoms with van der Waals surface area (Å²) in [5.74, 6) is 5.61. The van der Waals surface area contributed by atoms with Crippen LogP contribution < -0.4 is 11.3 Å². The number of nitrogens with one attached hydrogen (secondary N) is 1. The summed E-state index contributed by atoms with van der Waals surface area (Å²) in [7, 11) is 0. The van der Waals surface area contributed by atoms with Gasteiger partial charge in [0.25, 0.3) is 0 Å². The molecule has 3 nitrogen and oxygen atoms in total. The smallest absolute Gasteiger partial charge is 0.0736 e. The molecule has 0 saturated heterocycles. The Morgan fingerprint density at radius 1 is 1.35 bits per heavy atom. The number of aromatic nitrogens is 1. The average Bonchev–Trinajstić information content (AvgIpc) is 2.36. The van der Waals surface area contributed by atoms with Crippen molar-refractivity contribution in [2.75, 3.05) is 0 Å². The number of benzene rings is 1. The Balaban J connectivity index is 2.46. The molecule has 2 aromatic rings. The zero-order valence-corrected chi connectivity index (χ0v) is 11.2. The van der Waals surface area contributed by atoms with Crippen LogP contribution >= 0.6 is 27.5 Å². The molecule has 1 heterocycles. The van der Waals surface area contributed by atoms with Gasteiger partial charge in [-0.05, 0) is 35.4 Å². The van der Waals surface area contributed by atoms with Crippen LogP contribution in [0, 0.1) is 0 Å². The van der Waals surface area contributed by atoms with Gasteiger partial charge in [-0.15, -0.1) is 0 Å². The summed E-state index contributed by atoms with van der Waals surface area (Å²) in [6.45, 7) is 0. The molecule has 0 aliphatic carbocycles. The van der Waals surface area contributed by atoms with Gasteiger partial charge in [0.2, 0.25) is 0 Å². The molecule has 17 heavy (non-hydrogen) atoms. The SMILES string of the molecule is NNC(c1cccnc1)c1cc(Cl)ccc1Br. The van der Waals surface area contributed by atoms with Crippen molar-refractivity contribution in [3.63, 3.8) is 0 Å². The van der Waals surface area contributed by atoms with Crippen molar-refractivity contribution in [3.8, 4) is 0 Å². The second kappa shape index (κ2) is 5.60. The molecule has 5 heteroatoms. The molecular weight excluding hydrogens is 302 g/mol. The van der Waals surface area contributed by atoms with E-state index < -0.39 is 0 Å². The average molecular weight is 313 g/mol. The molecule has 0 bridgehead atoms. The second-order valence-electron chi connectivity index (χ2n) is 3.55. The first kappa shape index (κ1) is 12.5. The number of hydrogen-bond acceptors (Lipinski definition) is 3. The standard InChI is InChI=1S/C12H11BrClN3/c13-11-4-3-9(14)6-10(11)12(17-15)8-2-1-5-16-7-8/h1-7,12,17H,15H2. The fourth-order valence-electron chi connectivity index (χ4n) is 1.65. The van der Waals surface area contributed by atoms with Gasteiger partial charge >= 0.3 is 0 Å². The van der Waals surface area contributed by atoms with Crippen molar-refractivity contribution in [2.24, 2.45) is 5.84 Å². The molecule has 0 fully saturated rings. The molecule has 2 rings (SSSR count). The Kier molecular flexibility index (Phi) is 4.12. The van der Waals surface area contributed by atoms with E-state index in [4.69, 9.17) is 17.4 Å². The lowest BCUT2D eigenvalue weighted by Crippen LogP contribution is -2.29. The van der Waals surface area contributed by atoms with Gasteiger partial charge in [0.05, 0.1) is 6.04 Å². The topological polar surface area (TPSA) is 50.9 Å². The lowest BCUT2D eigenvalue weighted by molar-refractivity contribution is 0.632. The third-order valence-corrected chi connectivity index (χ3v) is 3.41. The van der Waals surface area contributed by atoms with Gasteiger partial charge in [0, 0.05) is 21.9 Å². The number of hydrogen-bond donors (Lipinski definition) is 2. The molecule has 1 aromatic heterocycles. The highest BCUT2D eigenvalue weighted by atomic mass is 79.9. The van der Waals surface area contributed by atoms with E-state index in [2.05, 4.69) is 26.3 Å². The van der Waals surface area contributed by atoms with Gasteiger partial charge in [-0.1, -0.05) is 33.6 Å². The van der Waals surface area contributed by atoms with Crippen LogP contribution in [0.1, 0.15) is 17.2 Å². The first-order chi connectivity index (χ1) is 8.22. The fraction of sp³-hybridized carbons (Fsp3) is 0.0833. The highest BCUT2D eigenvalue weighted by molar-refractivity contribution is 9.10. The molecule has 0 spiro atoms. The van der Waals surface area contributed by atoms with Crippen molar-refractivity contribution < 1.29 is 0 Å². The number of rotatable bonds is 3. The van der Waals surface area contributed by atoms with Crippen LogP contribution in [0.15, 0.2) is 47.2 Å². The first-order valence-electron chi connectivity index (χ1n) is 5.03. The number of hydrazine groups is 1. The van der Waals surface area contributed by atoms with Crippen LogP contribution in [-0.4, -0.2) is 4.98 Å². The summed E-state index contributed by atoms with van der Waals surface area (Å²) >= 11 is 9.49.